The molecule has 18 heavy (non-hydrogen) atoms. The van der Waals surface area contributed by atoms with Crippen molar-refractivity contribution < 1.29 is 0 Å². The molecule has 0 spiro atoms. The molecule has 0 bridgehead atoms. The zero-order valence-electron chi connectivity index (χ0n) is 10.3. The van der Waals surface area contributed by atoms with Gasteiger partial charge in [0.05, 0.1) is 5.02 Å². The minimum absolute atomic E-state index is 0.753. The highest BCUT2D eigenvalue weighted by Crippen LogP contribution is 2.31. The van der Waals surface area contributed by atoms with E-state index < -0.39 is 0 Å². The summed E-state index contributed by atoms with van der Waals surface area (Å²) in [5, 5.41) is 0.763. The highest BCUT2D eigenvalue weighted by molar-refractivity contribution is 7.98. The van der Waals surface area contributed by atoms with Crippen LogP contribution >= 0.6 is 23.4 Å². The summed E-state index contributed by atoms with van der Waals surface area (Å²) >= 11 is 7.85. The van der Waals surface area contributed by atoms with Gasteiger partial charge in [0, 0.05) is 16.3 Å². The minimum atomic E-state index is 0.753. The van der Waals surface area contributed by atoms with Crippen LogP contribution in [-0.2, 0) is 12.2 Å². The van der Waals surface area contributed by atoms with Gasteiger partial charge >= 0.3 is 0 Å². The van der Waals surface area contributed by atoms with Crippen LogP contribution in [0.15, 0.2) is 47.4 Å². The van der Waals surface area contributed by atoms with Gasteiger partial charge in [-0.25, -0.2) is 0 Å². The molecule has 0 amide bonds. The molecular formula is C15H16ClNS. The number of rotatable bonds is 4. The van der Waals surface area contributed by atoms with E-state index in [9.17, 15) is 0 Å². The molecule has 2 aromatic carbocycles. The molecule has 0 radical (unpaired) electrons. The Balaban J connectivity index is 2.04. The van der Waals surface area contributed by atoms with Crippen molar-refractivity contribution in [3.8, 4) is 0 Å². The summed E-state index contributed by atoms with van der Waals surface area (Å²) in [5.74, 6) is 0.910. The molecule has 0 atom stereocenters. The molecule has 0 fully saturated rings. The van der Waals surface area contributed by atoms with E-state index in [4.69, 9.17) is 17.3 Å². The number of hydrogen-bond donors (Lipinski definition) is 1. The van der Waals surface area contributed by atoms with Gasteiger partial charge in [-0.05, 0) is 35.7 Å². The van der Waals surface area contributed by atoms with E-state index in [1.54, 1.807) is 11.8 Å². The molecule has 3 heteroatoms. The maximum atomic E-state index is 6.13. The van der Waals surface area contributed by atoms with Gasteiger partial charge in [0.15, 0.2) is 0 Å². The monoisotopic (exact) mass is 277 g/mol. The lowest BCUT2D eigenvalue weighted by Crippen LogP contribution is -1.87. The third kappa shape index (κ3) is 3.44. The fraction of sp³-hybridized carbons (Fsp3) is 0.200. The molecule has 1 nitrogen and oxygen atoms in total. The Bertz CT molecular complexity index is 523. The first-order valence-corrected chi connectivity index (χ1v) is 7.31. The normalized spacial score (nSPS) is 10.6. The molecular weight excluding hydrogens is 262 g/mol. The Kier molecular flexibility index (Phi) is 4.56. The first kappa shape index (κ1) is 13.3. The first-order valence-electron chi connectivity index (χ1n) is 5.94. The van der Waals surface area contributed by atoms with Crippen LogP contribution in [0, 0.1) is 0 Å². The summed E-state index contributed by atoms with van der Waals surface area (Å²) in [6.07, 6.45) is 1.08. The molecule has 0 unspecified atom stereocenters. The van der Waals surface area contributed by atoms with Gasteiger partial charge in [-0.15, -0.1) is 11.8 Å². The number of anilines is 1. The fourth-order valence-corrected chi connectivity index (χ4v) is 2.88. The zero-order chi connectivity index (χ0) is 13.0. The van der Waals surface area contributed by atoms with Crippen molar-refractivity contribution in [1.29, 1.82) is 0 Å². The summed E-state index contributed by atoms with van der Waals surface area (Å²) in [4.78, 5) is 1.04. The second-order valence-electron chi connectivity index (χ2n) is 4.15. The van der Waals surface area contributed by atoms with Gasteiger partial charge in [-0.2, -0.15) is 0 Å². The van der Waals surface area contributed by atoms with Crippen LogP contribution in [0.4, 0.5) is 5.69 Å². The van der Waals surface area contributed by atoms with Gasteiger partial charge in [0.1, 0.15) is 0 Å². The maximum absolute atomic E-state index is 6.13. The van der Waals surface area contributed by atoms with Gasteiger partial charge in [0.25, 0.3) is 0 Å². The smallest absolute Gasteiger partial charge is 0.0543 e. The number of nitrogen functional groups attached to an aromatic ring is 1. The molecule has 0 aliphatic rings. The molecule has 0 heterocycles. The number of benzene rings is 2. The van der Waals surface area contributed by atoms with Crippen molar-refractivity contribution in [2.45, 2.75) is 24.0 Å². The van der Waals surface area contributed by atoms with E-state index in [2.05, 4.69) is 31.2 Å². The maximum Gasteiger partial charge on any atom is 0.0543 e. The Hall–Kier alpha value is -1.12. The number of hydrogen-bond acceptors (Lipinski definition) is 2. The second-order valence-corrected chi connectivity index (χ2v) is 5.57. The highest BCUT2D eigenvalue weighted by Gasteiger charge is 2.02. The summed E-state index contributed by atoms with van der Waals surface area (Å²) in [6.45, 7) is 2.16. The molecule has 0 saturated heterocycles. The van der Waals surface area contributed by atoms with Crippen molar-refractivity contribution >= 4 is 29.1 Å². The topological polar surface area (TPSA) is 26.0 Å². The molecule has 2 rings (SSSR count). The lowest BCUT2D eigenvalue weighted by Gasteiger charge is -2.06. The third-order valence-corrected chi connectivity index (χ3v) is 4.35. The zero-order valence-corrected chi connectivity index (χ0v) is 11.9. The molecule has 94 valence electrons. The van der Waals surface area contributed by atoms with Crippen LogP contribution in [0.25, 0.3) is 0 Å². The van der Waals surface area contributed by atoms with Gasteiger partial charge in [-0.1, -0.05) is 42.8 Å². The predicted octanol–water partition coefficient (Wildman–Crippen LogP) is 4.78. The van der Waals surface area contributed by atoms with E-state index >= 15 is 0 Å². The average molecular weight is 278 g/mol. The lowest BCUT2D eigenvalue weighted by atomic mass is 10.1. The Morgan fingerprint density at radius 1 is 1.06 bits per heavy atom. The average Bonchev–Trinajstić information content (AvgIpc) is 2.40. The van der Waals surface area contributed by atoms with E-state index in [0.29, 0.717) is 0 Å². The fourth-order valence-electron chi connectivity index (χ4n) is 1.66. The Morgan fingerprint density at radius 3 is 2.39 bits per heavy atom. The quantitative estimate of drug-likeness (QED) is 0.643. The van der Waals surface area contributed by atoms with Crippen LogP contribution in [0.1, 0.15) is 18.1 Å². The summed E-state index contributed by atoms with van der Waals surface area (Å²) in [6, 6.07) is 14.3. The Labute approximate surface area is 117 Å². The molecule has 0 aliphatic heterocycles. The van der Waals surface area contributed by atoms with E-state index in [0.717, 1.165) is 27.8 Å². The van der Waals surface area contributed by atoms with Gasteiger partial charge in [-0.3, -0.25) is 0 Å². The molecule has 0 aromatic heterocycles. The van der Waals surface area contributed by atoms with Crippen molar-refractivity contribution in [2.75, 3.05) is 5.73 Å². The van der Waals surface area contributed by atoms with E-state index in [1.165, 1.54) is 11.1 Å². The summed E-state index contributed by atoms with van der Waals surface area (Å²) in [5.41, 5.74) is 9.18. The lowest BCUT2D eigenvalue weighted by molar-refractivity contribution is 1.13. The van der Waals surface area contributed by atoms with Crippen LogP contribution in [0.5, 0.6) is 0 Å². The first-order chi connectivity index (χ1) is 8.69. The van der Waals surface area contributed by atoms with Crippen molar-refractivity contribution in [2.24, 2.45) is 0 Å². The molecule has 2 N–H and O–H groups in total. The van der Waals surface area contributed by atoms with E-state index in [-0.39, 0.29) is 0 Å². The van der Waals surface area contributed by atoms with Crippen LogP contribution < -0.4 is 5.73 Å². The number of halogens is 1. The number of aryl methyl sites for hydroxylation is 1. The van der Waals surface area contributed by atoms with Gasteiger partial charge < -0.3 is 5.73 Å². The van der Waals surface area contributed by atoms with Crippen LogP contribution in [-0.4, -0.2) is 0 Å². The van der Waals surface area contributed by atoms with Gasteiger partial charge in [0.2, 0.25) is 0 Å². The predicted molar refractivity (Wildman–Crippen MR) is 81.2 cm³/mol. The standard InChI is InChI=1S/C15H16ClNS/c1-2-11-3-5-12(6-4-11)10-18-15-9-13(17)7-8-14(15)16/h3-9H,2,10,17H2,1H3. The van der Waals surface area contributed by atoms with Crippen molar-refractivity contribution in [1.82, 2.24) is 0 Å². The largest absolute Gasteiger partial charge is 0.399 e. The van der Waals surface area contributed by atoms with Crippen molar-refractivity contribution in [3.05, 3.63) is 58.6 Å². The molecule has 0 saturated carbocycles. The molecule has 2 aromatic rings. The SMILES string of the molecule is CCc1ccc(CSc2cc(N)ccc2Cl)cc1. The van der Waals surface area contributed by atoms with Crippen LogP contribution in [0.3, 0.4) is 0 Å². The summed E-state index contributed by atoms with van der Waals surface area (Å²) in [7, 11) is 0. The third-order valence-electron chi connectivity index (χ3n) is 2.78. The highest BCUT2D eigenvalue weighted by atomic mass is 35.5. The van der Waals surface area contributed by atoms with E-state index in [1.807, 2.05) is 18.2 Å². The number of thioether (sulfide) groups is 1. The summed E-state index contributed by atoms with van der Waals surface area (Å²) < 4.78 is 0. The number of nitrogens with two attached hydrogens (primary N) is 1. The Morgan fingerprint density at radius 2 is 1.72 bits per heavy atom. The molecule has 0 aliphatic carbocycles. The van der Waals surface area contributed by atoms with Crippen LogP contribution in [0.2, 0.25) is 5.02 Å². The minimum Gasteiger partial charge on any atom is -0.399 e. The second kappa shape index (κ2) is 6.17. The van der Waals surface area contributed by atoms with Crippen molar-refractivity contribution in [3.63, 3.8) is 0 Å².